The summed E-state index contributed by atoms with van der Waals surface area (Å²) in [5, 5.41) is 2.63. The fourth-order valence-electron chi connectivity index (χ4n) is 1.88. The molecule has 2 N–H and O–H groups in total. The standard InChI is InChI=1S/C15H24N2O5/c1-7-21-13(18)11-12(20-6)9(2)10(17-11)8-16-14(19)22-15(3,4)5/h17H,7-8H2,1-6H3,(H,16,19). The average molecular weight is 312 g/mol. The summed E-state index contributed by atoms with van der Waals surface area (Å²) in [5.41, 5.74) is 1.07. The van der Waals surface area contributed by atoms with Crippen molar-refractivity contribution in [2.24, 2.45) is 0 Å². The quantitative estimate of drug-likeness (QED) is 0.815. The van der Waals surface area contributed by atoms with E-state index in [1.165, 1.54) is 7.11 Å². The first-order valence-electron chi connectivity index (χ1n) is 7.09. The highest BCUT2D eigenvalue weighted by molar-refractivity contribution is 5.91. The second-order valence-corrected chi connectivity index (χ2v) is 5.71. The number of carbonyl (C=O) groups is 2. The Bertz CT molecular complexity index is 543. The van der Waals surface area contributed by atoms with E-state index in [1.54, 1.807) is 34.6 Å². The summed E-state index contributed by atoms with van der Waals surface area (Å²) in [5.74, 6) is -0.0783. The molecule has 1 rings (SSSR count). The Morgan fingerprint density at radius 2 is 1.91 bits per heavy atom. The monoisotopic (exact) mass is 312 g/mol. The van der Waals surface area contributed by atoms with Crippen LogP contribution in [0.15, 0.2) is 0 Å². The minimum atomic E-state index is -0.567. The summed E-state index contributed by atoms with van der Waals surface area (Å²) >= 11 is 0. The first-order valence-corrected chi connectivity index (χ1v) is 7.09. The molecular formula is C15H24N2O5. The number of ether oxygens (including phenoxy) is 3. The predicted octanol–water partition coefficient (Wildman–Crippen LogP) is 2.53. The first-order chi connectivity index (χ1) is 10.2. The van der Waals surface area contributed by atoms with Crippen LogP contribution in [0.4, 0.5) is 4.79 Å². The fourth-order valence-corrected chi connectivity index (χ4v) is 1.88. The number of hydrogen-bond donors (Lipinski definition) is 2. The third-order valence-electron chi connectivity index (χ3n) is 2.79. The molecule has 0 unspecified atom stereocenters. The van der Waals surface area contributed by atoms with Crippen LogP contribution in [0, 0.1) is 6.92 Å². The van der Waals surface area contributed by atoms with E-state index >= 15 is 0 Å². The lowest BCUT2D eigenvalue weighted by Gasteiger charge is -2.19. The molecule has 0 aromatic carbocycles. The van der Waals surface area contributed by atoms with Crippen LogP contribution in [0.25, 0.3) is 0 Å². The molecule has 7 nitrogen and oxygen atoms in total. The van der Waals surface area contributed by atoms with Crippen molar-refractivity contribution in [3.8, 4) is 5.75 Å². The first kappa shape index (κ1) is 17.9. The van der Waals surface area contributed by atoms with E-state index < -0.39 is 17.7 Å². The second-order valence-electron chi connectivity index (χ2n) is 5.71. The van der Waals surface area contributed by atoms with Crippen LogP contribution in [0.2, 0.25) is 0 Å². The third-order valence-corrected chi connectivity index (χ3v) is 2.79. The van der Waals surface area contributed by atoms with Crippen LogP contribution in [0.3, 0.4) is 0 Å². The minimum absolute atomic E-state index is 0.191. The number of carbonyl (C=O) groups excluding carboxylic acids is 2. The van der Waals surface area contributed by atoms with Gasteiger partial charge >= 0.3 is 12.1 Å². The van der Waals surface area contributed by atoms with E-state index in [0.29, 0.717) is 11.4 Å². The molecule has 7 heteroatoms. The number of hydrogen-bond acceptors (Lipinski definition) is 5. The molecule has 0 aliphatic rings. The molecule has 0 aliphatic heterocycles. The molecule has 0 fully saturated rings. The van der Waals surface area contributed by atoms with Gasteiger partial charge in [0.2, 0.25) is 0 Å². The number of nitrogens with one attached hydrogen (secondary N) is 2. The van der Waals surface area contributed by atoms with Gasteiger partial charge in [0.1, 0.15) is 5.60 Å². The highest BCUT2D eigenvalue weighted by Gasteiger charge is 2.22. The molecule has 1 heterocycles. The largest absolute Gasteiger partial charge is 0.494 e. The summed E-state index contributed by atoms with van der Waals surface area (Å²) in [6.07, 6.45) is -0.529. The van der Waals surface area contributed by atoms with Gasteiger partial charge in [0.05, 0.1) is 20.3 Å². The summed E-state index contributed by atoms with van der Waals surface area (Å²) < 4.78 is 15.4. The van der Waals surface area contributed by atoms with Gasteiger partial charge in [-0.25, -0.2) is 9.59 Å². The maximum Gasteiger partial charge on any atom is 0.407 e. The number of aromatic amines is 1. The van der Waals surface area contributed by atoms with Crippen molar-refractivity contribution >= 4 is 12.1 Å². The predicted molar refractivity (Wildman–Crippen MR) is 81.1 cm³/mol. The Morgan fingerprint density at radius 3 is 2.41 bits per heavy atom. The molecule has 0 saturated heterocycles. The number of alkyl carbamates (subject to hydrolysis) is 1. The molecule has 1 aromatic heterocycles. The SMILES string of the molecule is CCOC(=O)c1[nH]c(CNC(=O)OC(C)(C)C)c(C)c1OC. The van der Waals surface area contributed by atoms with Gasteiger partial charge in [0.15, 0.2) is 11.4 Å². The van der Waals surface area contributed by atoms with Gasteiger partial charge in [-0.3, -0.25) is 0 Å². The van der Waals surface area contributed by atoms with Gasteiger partial charge in [-0.15, -0.1) is 0 Å². The maximum atomic E-state index is 11.9. The average Bonchev–Trinajstić information content (AvgIpc) is 2.71. The zero-order valence-electron chi connectivity index (χ0n) is 14.0. The summed E-state index contributed by atoms with van der Waals surface area (Å²) in [4.78, 5) is 26.5. The Kier molecular flexibility index (Phi) is 5.84. The summed E-state index contributed by atoms with van der Waals surface area (Å²) in [6, 6.07) is 0. The normalized spacial score (nSPS) is 11.0. The van der Waals surface area contributed by atoms with Crippen LogP contribution in [-0.2, 0) is 16.0 Å². The molecule has 0 atom stereocenters. The van der Waals surface area contributed by atoms with E-state index in [4.69, 9.17) is 14.2 Å². The zero-order valence-corrected chi connectivity index (χ0v) is 14.0. The van der Waals surface area contributed by atoms with Crippen LogP contribution < -0.4 is 10.1 Å². The lowest BCUT2D eigenvalue weighted by Crippen LogP contribution is -2.32. The molecule has 1 amide bonds. The number of methoxy groups -OCH3 is 1. The maximum absolute atomic E-state index is 11.9. The molecule has 0 radical (unpaired) electrons. The highest BCUT2D eigenvalue weighted by Crippen LogP contribution is 2.27. The lowest BCUT2D eigenvalue weighted by atomic mass is 10.2. The molecule has 0 bridgehead atoms. The van der Waals surface area contributed by atoms with Crippen LogP contribution in [-0.4, -0.2) is 36.4 Å². The van der Waals surface area contributed by atoms with Crippen LogP contribution >= 0.6 is 0 Å². The molecular weight excluding hydrogens is 288 g/mol. The van der Waals surface area contributed by atoms with Gasteiger partial charge in [-0.1, -0.05) is 0 Å². The van der Waals surface area contributed by atoms with E-state index in [2.05, 4.69) is 10.3 Å². The van der Waals surface area contributed by atoms with Gasteiger partial charge in [-0.2, -0.15) is 0 Å². The topological polar surface area (TPSA) is 89.7 Å². The fraction of sp³-hybridized carbons (Fsp3) is 0.600. The molecule has 22 heavy (non-hydrogen) atoms. The van der Waals surface area contributed by atoms with Crippen molar-refractivity contribution in [3.05, 3.63) is 17.0 Å². The Labute approximate surface area is 130 Å². The van der Waals surface area contributed by atoms with Crippen molar-refractivity contribution in [1.82, 2.24) is 10.3 Å². The number of rotatable bonds is 5. The van der Waals surface area contributed by atoms with E-state index in [9.17, 15) is 9.59 Å². The van der Waals surface area contributed by atoms with Crippen LogP contribution in [0.1, 0.15) is 49.4 Å². The van der Waals surface area contributed by atoms with Crippen molar-refractivity contribution in [1.29, 1.82) is 0 Å². The zero-order chi connectivity index (χ0) is 16.9. The minimum Gasteiger partial charge on any atom is -0.494 e. The number of H-pyrrole nitrogens is 1. The van der Waals surface area contributed by atoms with E-state index in [-0.39, 0.29) is 18.8 Å². The molecule has 1 aromatic rings. The summed E-state index contributed by atoms with van der Waals surface area (Å²) in [7, 11) is 1.48. The number of esters is 1. The number of aromatic nitrogens is 1. The van der Waals surface area contributed by atoms with E-state index in [1.807, 2.05) is 0 Å². The Balaban J connectivity index is 2.84. The van der Waals surface area contributed by atoms with Crippen molar-refractivity contribution in [2.75, 3.05) is 13.7 Å². The Hall–Kier alpha value is -2.18. The van der Waals surface area contributed by atoms with Crippen molar-refractivity contribution in [3.63, 3.8) is 0 Å². The van der Waals surface area contributed by atoms with E-state index in [0.717, 1.165) is 5.56 Å². The Morgan fingerprint density at radius 1 is 1.27 bits per heavy atom. The molecule has 0 saturated carbocycles. The van der Waals surface area contributed by atoms with Gasteiger partial charge in [0.25, 0.3) is 0 Å². The van der Waals surface area contributed by atoms with Crippen LogP contribution in [0.5, 0.6) is 5.75 Å². The highest BCUT2D eigenvalue weighted by atomic mass is 16.6. The molecule has 124 valence electrons. The van der Waals surface area contributed by atoms with Gasteiger partial charge < -0.3 is 24.5 Å². The lowest BCUT2D eigenvalue weighted by molar-refractivity contribution is 0.0512. The van der Waals surface area contributed by atoms with Crippen molar-refractivity contribution < 1.29 is 23.8 Å². The van der Waals surface area contributed by atoms with Gasteiger partial charge in [-0.05, 0) is 34.6 Å². The second kappa shape index (κ2) is 7.20. The van der Waals surface area contributed by atoms with Gasteiger partial charge in [0, 0.05) is 11.3 Å². The molecule has 0 aliphatic carbocycles. The van der Waals surface area contributed by atoms with Crippen molar-refractivity contribution in [2.45, 2.75) is 46.8 Å². The summed E-state index contributed by atoms with van der Waals surface area (Å²) in [6.45, 7) is 9.34. The number of amides is 1. The smallest absolute Gasteiger partial charge is 0.407 e. The third kappa shape index (κ3) is 4.68. The molecule has 0 spiro atoms.